The number of pyridine rings is 1. The summed E-state index contributed by atoms with van der Waals surface area (Å²) in [5, 5.41) is 16.9. The summed E-state index contributed by atoms with van der Waals surface area (Å²) in [6, 6.07) is 5.26. The van der Waals surface area contributed by atoms with Gasteiger partial charge in [0.05, 0.1) is 6.54 Å². The van der Waals surface area contributed by atoms with Gasteiger partial charge in [-0.25, -0.2) is 9.59 Å². The van der Waals surface area contributed by atoms with Gasteiger partial charge in [-0.2, -0.15) is 0 Å². The average molecular weight is 332 g/mol. The molecule has 0 fully saturated rings. The van der Waals surface area contributed by atoms with E-state index in [1.54, 1.807) is 19.1 Å². The first kappa shape index (κ1) is 17.0. The van der Waals surface area contributed by atoms with Crippen LogP contribution in [0.1, 0.15) is 17.3 Å². The summed E-state index contributed by atoms with van der Waals surface area (Å²) in [6.07, 6.45) is 0. The number of anilines is 1. The van der Waals surface area contributed by atoms with Gasteiger partial charge >= 0.3 is 12.0 Å². The Morgan fingerprint density at radius 1 is 1.17 bits per heavy atom. The lowest BCUT2D eigenvalue weighted by atomic mass is 10.1. The van der Waals surface area contributed by atoms with Crippen molar-refractivity contribution in [3.05, 3.63) is 40.2 Å². The third-order valence-corrected chi connectivity index (χ3v) is 3.12. The summed E-state index contributed by atoms with van der Waals surface area (Å²) < 4.78 is 0. The van der Waals surface area contributed by atoms with Gasteiger partial charge in [-0.15, -0.1) is 0 Å². The zero-order valence-corrected chi connectivity index (χ0v) is 12.8. The second-order valence-electron chi connectivity index (χ2n) is 4.88. The number of amides is 3. The van der Waals surface area contributed by atoms with Crippen molar-refractivity contribution in [2.45, 2.75) is 6.92 Å². The Hall–Kier alpha value is -3.36. The van der Waals surface area contributed by atoms with Crippen molar-refractivity contribution < 1.29 is 19.5 Å². The highest BCUT2D eigenvalue weighted by Crippen LogP contribution is 2.17. The van der Waals surface area contributed by atoms with Gasteiger partial charge in [-0.05, 0) is 31.2 Å². The van der Waals surface area contributed by atoms with Crippen LogP contribution in [-0.2, 0) is 4.79 Å². The molecule has 0 aliphatic rings. The number of hydrogen-bond acceptors (Lipinski definition) is 4. The van der Waals surface area contributed by atoms with Gasteiger partial charge in [0.1, 0.15) is 5.56 Å². The number of nitrogens with one attached hydrogen (secondary N) is 4. The van der Waals surface area contributed by atoms with Crippen LogP contribution in [0.4, 0.5) is 10.5 Å². The monoisotopic (exact) mass is 332 g/mol. The lowest BCUT2D eigenvalue weighted by Gasteiger charge is -2.08. The van der Waals surface area contributed by atoms with Crippen LogP contribution in [-0.4, -0.2) is 41.1 Å². The summed E-state index contributed by atoms with van der Waals surface area (Å²) in [4.78, 5) is 48.0. The number of carbonyl (C=O) groups excluding carboxylic acids is 2. The van der Waals surface area contributed by atoms with Crippen LogP contribution < -0.4 is 21.5 Å². The molecule has 1 aromatic carbocycles. The summed E-state index contributed by atoms with van der Waals surface area (Å²) in [7, 11) is 0. The van der Waals surface area contributed by atoms with Gasteiger partial charge in [0.25, 0.3) is 5.56 Å². The lowest BCUT2D eigenvalue weighted by Crippen LogP contribution is -2.38. The van der Waals surface area contributed by atoms with E-state index < -0.39 is 17.6 Å². The highest BCUT2D eigenvalue weighted by Gasteiger charge is 2.11. The molecular weight excluding hydrogens is 316 g/mol. The van der Waals surface area contributed by atoms with Crippen LogP contribution >= 0.6 is 0 Å². The molecule has 9 heteroatoms. The second-order valence-corrected chi connectivity index (χ2v) is 4.88. The molecule has 0 atom stereocenters. The minimum atomic E-state index is -1.34. The molecule has 126 valence electrons. The first-order valence-corrected chi connectivity index (χ1v) is 7.12. The number of rotatable bonds is 5. The van der Waals surface area contributed by atoms with Crippen molar-refractivity contribution in [3.63, 3.8) is 0 Å². The Labute approximate surface area is 136 Å². The topological polar surface area (TPSA) is 140 Å². The van der Waals surface area contributed by atoms with Crippen molar-refractivity contribution in [2.75, 3.05) is 18.4 Å². The van der Waals surface area contributed by atoms with E-state index in [0.29, 0.717) is 23.1 Å². The van der Waals surface area contributed by atoms with Crippen LogP contribution in [0, 0.1) is 0 Å². The largest absolute Gasteiger partial charge is 0.477 e. The van der Waals surface area contributed by atoms with Crippen molar-refractivity contribution >= 4 is 34.5 Å². The Morgan fingerprint density at radius 2 is 1.92 bits per heavy atom. The highest BCUT2D eigenvalue weighted by atomic mass is 16.4. The minimum Gasteiger partial charge on any atom is -0.477 e. The predicted octanol–water partition coefficient (Wildman–Crippen LogP) is 0.484. The van der Waals surface area contributed by atoms with E-state index in [2.05, 4.69) is 20.9 Å². The Bertz CT molecular complexity index is 859. The predicted molar refractivity (Wildman–Crippen MR) is 87.2 cm³/mol. The molecule has 0 bridgehead atoms. The molecule has 1 aromatic heterocycles. The zero-order valence-electron chi connectivity index (χ0n) is 12.8. The van der Waals surface area contributed by atoms with Gasteiger partial charge in [-0.1, -0.05) is 0 Å². The third-order valence-electron chi connectivity index (χ3n) is 3.12. The Balaban J connectivity index is 2.14. The summed E-state index contributed by atoms with van der Waals surface area (Å²) in [6.45, 7) is 2.07. The van der Waals surface area contributed by atoms with Crippen LogP contribution in [0.15, 0.2) is 29.1 Å². The average Bonchev–Trinajstić information content (AvgIpc) is 2.52. The van der Waals surface area contributed by atoms with Gasteiger partial charge in [0.2, 0.25) is 5.91 Å². The Morgan fingerprint density at radius 3 is 2.58 bits per heavy atom. The maximum Gasteiger partial charge on any atom is 0.341 e. The number of carbonyl (C=O) groups is 3. The molecule has 2 rings (SSSR count). The normalized spacial score (nSPS) is 10.2. The minimum absolute atomic E-state index is 0.163. The van der Waals surface area contributed by atoms with Gasteiger partial charge in [0.15, 0.2) is 0 Å². The standard InChI is InChI=1S/C15H16N4O5/c1-2-16-12(20)7-17-15(24)18-9-3-4-11-8(5-9)6-10(14(22)23)13(21)19-11/h3-6H,2,7H2,1H3,(H,16,20)(H,19,21)(H,22,23)(H2,17,18,24). The summed E-state index contributed by atoms with van der Waals surface area (Å²) in [5.74, 6) is -1.65. The zero-order chi connectivity index (χ0) is 17.7. The fraction of sp³-hybridized carbons (Fsp3) is 0.200. The molecule has 0 unspecified atom stereocenters. The van der Waals surface area contributed by atoms with Crippen LogP contribution in [0.25, 0.3) is 10.9 Å². The van der Waals surface area contributed by atoms with Crippen LogP contribution in [0.2, 0.25) is 0 Å². The second kappa shape index (κ2) is 7.27. The van der Waals surface area contributed by atoms with Gasteiger partial charge in [0, 0.05) is 23.1 Å². The van der Waals surface area contributed by atoms with E-state index in [9.17, 15) is 19.2 Å². The number of aromatic amines is 1. The quantitative estimate of drug-likeness (QED) is 0.542. The molecule has 9 nitrogen and oxygen atoms in total. The summed E-state index contributed by atoms with van der Waals surface area (Å²) >= 11 is 0. The number of H-pyrrole nitrogens is 1. The van der Waals surface area contributed by atoms with E-state index in [4.69, 9.17) is 5.11 Å². The maximum atomic E-state index is 11.7. The van der Waals surface area contributed by atoms with Gasteiger partial charge < -0.3 is 26.0 Å². The Kier molecular flexibility index (Phi) is 5.15. The van der Waals surface area contributed by atoms with E-state index >= 15 is 0 Å². The summed E-state index contributed by atoms with van der Waals surface area (Å²) in [5.41, 5.74) is -0.256. The SMILES string of the molecule is CCNC(=O)CNC(=O)Nc1ccc2[nH]c(=O)c(C(=O)O)cc2c1. The molecule has 24 heavy (non-hydrogen) atoms. The molecule has 5 N–H and O–H groups in total. The number of benzene rings is 1. The molecule has 0 saturated carbocycles. The number of aromatic carboxylic acids is 1. The fourth-order valence-corrected chi connectivity index (χ4v) is 2.04. The van der Waals surface area contributed by atoms with Crippen LogP contribution in [0.5, 0.6) is 0 Å². The number of fused-ring (bicyclic) bond motifs is 1. The lowest BCUT2D eigenvalue weighted by molar-refractivity contribution is -0.119. The van der Waals surface area contributed by atoms with E-state index in [-0.39, 0.29) is 18.0 Å². The smallest absolute Gasteiger partial charge is 0.341 e. The van der Waals surface area contributed by atoms with Crippen molar-refractivity contribution in [1.29, 1.82) is 0 Å². The van der Waals surface area contributed by atoms with E-state index in [0.717, 1.165) is 0 Å². The molecule has 0 aliphatic carbocycles. The maximum absolute atomic E-state index is 11.7. The number of carboxylic acids is 1. The van der Waals surface area contributed by atoms with E-state index in [1.807, 2.05) is 0 Å². The fourth-order valence-electron chi connectivity index (χ4n) is 2.04. The molecule has 1 heterocycles. The van der Waals surface area contributed by atoms with Gasteiger partial charge in [-0.3, -0.25) is 9.59 Å². The number of hydrogen-bond donors (Lipinski definition) is 5. The molecule has 0 radical (unpaired) electrons. The number of likely N-dealkylation sites (N-methyl/N-ethyl adjacent to an activating group) is 1. The molecule has 0 saturated heterocycles. The number of urea groups is 1. The first-order valence-electron chi connectivity index (χ1n) is 7.12. The van der Waals surface area contributed by atoms with Crippen molar-refractivity contribution in [1.82, 2.24) is 15.6 Å². The van der Waals surface area contributed by atoms with Crippen LogP contribution in [0.3, 0.4) is 0 Å². The molecule has 2 aromatic rings. The molecule has 0 spiro atoms. The molecular formula is C15H16N4O5. The number of aromatic nitrogens is 1. The molecule has 0 aliphatic heterocycles. The first-order chi connectivity index (χ1) is 11.4. The van der Waals surface area contributed by atoms with Crippen molar-refractivity contribution in [3.8, 4) is 0 Å². The van der Waals surface area contributed by atoms with Crippen molar-refractivity contribution in [2.24, 2.45) is 0 Å². The third kappa shape index (κ3) is 4.09. The number of carboxylic acid groups (broad SMARTS) is 1. The highest BCUT2D eigenvalue weighted by molar-refractivity contribution is 5.96. The van der Waals surface area contributed by atoms with E-state index in [1.165, 1.54) is 12.1 Å². The molecule has 3 amide bonds.